The molecular weight excluding hydrogens is 400 g/mol. The number of hydrogen-bond donors (Lipinski definition) is 0. The molecule has 1 rings (SSSR count). The van der Waals surface area contributed by atoms with E-state index in [9.17, 15) is 0 Å². The van der Waals surface area contributed by atoms with E-state index >= 15 is 0 Å². The zero-order valence-electron chi connectivity index (χ0n) is 11.6. The Kier molecular flexibility index (Phi) is 31.4. The van der Waals surface area contributed by atoms with Gasteiger partial charge in [0.2, 0.25) is 0 Å². The Morgan fingerprint density at radius 1 is 0.722 bits per heavy atom. The first-order valence-electron chi connectivity index (χ1n) is 4.36. The van der Waals surface area contributed by atoms with Gasteiger partial charge in [0, 0.05) is 0 Å². The van der Waals surface area contributed by atoms with Gasteiger partial charge in [-0.3, -0.25) is 0 Å². The summed E-state index contributed by atoms with van der Waals surface area (Å²) in [5, 5.41) is 0. The maximum Gasteiger partial charge on any atom is 2.00 e. The molecule has 1 aromatic rings. The molecule has 0 N–H and O–H groups in total. The molecule has 0 unspecified atom stereocenters. The fraction of sp³-hybridized carbons (Fsp3) is 0.357. The van der Waals surface area contributed by atoms with Crippen LogP contribution in [0.15, 0.2) is 0 Å². The molecule has 0 spiro atoms. The van der Waals surface area contributed by atoms with Gasteiger partial charge in [0.25, 0.3) is 0 Å². The molecule has 0 aliphatic carbocycles. The second kappa shape index (κ2) is 18.6. The molecule has 98 valence electrons. The van der Waals surface area contributed by atoms with Crippen molar-refractivity contribution in [1.29, 1.82) is 0 Å². The van der Waals surface area contributed by atoms with Crippen molar-refractivity contribution in [2.45, 2.75) is 34.6 Å². The van der Waals surface area contributed by atoms with Gasteiger partial charge in [0.05, 0.1) is 0 Å². The SMILES string of the molecule is Cc1c(C)c(C)[c-](C)c1C.[C-]#[O+].[C-]#[O+].[C-]#[O+].[CH3-].[W+2]. The maximum atomic E-state index is 7.50. The van der Waals surface area contributed by atoms with E-state index in [0.717, 1.165) is 0 Å². The van der Waals surface area contributed by atoms with Crippen LogP contribution in [0.3, 0.4) is 0 Å². The molecule has 3 nitrogen and oxygen atoms in total. The topological polar surface area (TPSA) is 59.7 Å². The summed E-state index contributed by atoms with van der Waals surface area (Å²) in [5.41, 5.74) is 7.34. The van der Waals surface area contributed by atoms with E-state index in [-0.39, 0.29) is 28.5 Å². The van der Waals surface area contributed by atoms with Gasteiger partial charge in [-0.1, -0.05) is 34.6 Å². The molecule has 0 radical (unpaired) electrons. The zero-order valence-corrected chi connectivity index (χ0v) is 14.6. The number of hydrogen-bond acceptors (Lipinski definition) is 0. The Bertz CT molecular complexity index is 276. The van der Waals surface area contributed by atoms with Crippen molar-refractivity contribution in [3.63, 3.8) is 0 Å². The molecule has 0 bridgehead atoms. The average molecular weight is 418 g/mol. The van der Waals surface area contributed by atoms with Crippen LogP contribution in [0.1, 0.15) is 27.8 Å². The Balaban J connectivity index is -0.0000000623. The Labute approximate surface area is 125 Å². The minimum atomic E-state index is 0. The van der Waals surface area contributed by atoms with Crippen LogP contribution >= 0.6 is 0 Å². The Morgan fingerprint density at radius 3 is 0.944 bits per heavy atom. The second-order valence-corrected chi connectivity index (χ2v) is 3.12. The normalized spacial score (nSPS) is 6.17. The van der Waals surface area contributed by atoms with Crippen LogP contribution in [0.4, 0.5) is 0 Å². The van der Waals surface area contributed by atoms with Gasteiger partial charge in [-0.25, -0.2) is 0 Å². The van der Waals surface area contributed by atoms with Crippen molar-refractivity contribution < 1.29 is 35.0 Å². The van der Waals surface area contributed by atoms with Gasteiger partial charge in [0.15, 0.2) is 0 Å². The van der Waals surface area contributed by atoms with Crippen molar-refractivity contribution in [3.8, 4) is 0 Å². The smallest absolute Gasteiger partial charge is 0.358 e. The third-order valence-electron chi connectivity index (χ3n) is 2.81. The summed E-state index contributed by atoms with van der Waals surface area (Å²) >= 11 is 0. The van der Waals surface area contributed by atoms with Crippen LogP contribution in [-0.4, -0.2) is 0 Å². The summed E-state index contributed by atoms with van der Waals surface area (Å²) in [4.78, 5) is 0. The van der Waals surface area contributed by atoms with Crippen LogP contribution < -0.4 is 0 Å². The van der Waals surface area contributed by atoms with E-state index in [1.807, 2.05) is 0 Å². The molecule has 0 saturated heterocycles. The van der Waals surface area contributed by atoms with E-state index in [1.165, 1.54) is 27.8 Å². The number of rotatable bonds is 0. The molecule has 0 aromatic heterocycles. The first-order chi connectivity index (χ1) is 7.55. The third kappa shape index (κ3) is 8.36. The van der Waals surface area contributed by atoms with Gasteiger partial charge < -0.3 is 7.43 Å². The van der Waals surface area contributed by atoms with E-state index in [2.05, 4.69) is 54.6 Å². The standard InChI is InChI=1S/C10H15.3CO.CH3.W/c1-6-7(2)9(4)10(5)8(6)3;3*1-2;;/h1-5H3;;;;1H3;/q-1;;;;-1;+2. The van der Waals surface area contributed by atoms with Crippen LogP contribution in [0, 0.1) is 62.0 Å². The van der Waals surface area contributed by atoms with Crippen molar-refractivity contribution in [1.82, 2.24) is 0 Å². The van der Waals surface area contributed by atoms with E-state index in [4.69, 9.17) is 14.0 Å². The van der Waals surface area contributed by atoms with Gasteiger partial charge in [-0.05, 0) is 0 Å². The average Bonchev–Trinajstić information content (AvgIpc) is 2.55. The fourth-order valence-corrected chi connectivity index (χ4v) is 1.41. The zero-order chi connectivity index (χ0) is 13.9. The molecule has 0 aliphatic rings. The van der Waals surface area contributed by atoms with Crippen LogP contribution in [0.2, 0.25) is 0 Å². The molecule has 0 amide bonds. The molecule has 18 heavy (non-hydrogen) atoms. The van der Waals surface area contributed by atoms with E-state index in [0.29, 0.717) is 0 Å². The first-order valence-corrected chi connectivity index (χ1v) is 4.36. The second-order valence-electron chi connectivity index (χ2n) is 3.12. The van der Waals surface area contributed by atoms with E-state index < -0.39 is 0 Å². The Hall–Kier alpha value is -0.742. The van der Waals surface area contributed by atoms with Crippen molar-refractivity contribution in [3.05, 3.63) is 55.2 Å². The van der Waals surface area contributed by atoms with Crippen molar-refractivity contribution in [2.24, 2.45) is 0 Å². The molecule has 0 aliphatic heterocycles. The fourth-order valence-electron chi connectivity index (χ4n) is 1.41. The van der Waals surface area contributed by atoms with Crippen LogP contribution in [0.25, 0.3) is 0 Å². The summed E-state index contributed by atoms with van der Waals surface area (Å²) in [6.07, 6.45) is 0. The van der Waals surface area contributed by atoms with Crippen LogP contribution in [-0.2, 0) is 35.0 Å². The van der Waals surface area contributed by atoms with Crippen molar-refractivity contribution in [2.75, 3.05) is 0 Å². The van der Waals surface area contributed by atoms with Gasteiger partial charge in [-0.15, -0.1) is 0 Å². The predicted octanol–water partition coefficient (Wildman–Crippen LogP) is 3.28. The summed E-state index contributed by atoms with van der Waals surface area (Å²) in [6, 6.07) is 0. The van der Waals surface area contributed by atoms with Crippen LogP contribution in [0.5, 0.6) is 0 Å². The molecule has 0 saturated carbocycles. The quantitative estimate of drug-likeness (QED) is 0.459. The van der Waals surface area contributed by atoms with E-state index in [1.54, 1.807) is 0 Å². The summed E-state index contributed by atoms with van der Waals surface area (Å²) < 4.78 is 22.5. The maximum absolute atomic E-state index is 7.50. The summed E-state index contributed by atoms with van der Waals surface area (Å²) in [5.74, 6) is 0. The summed E-state index contributed by atoms with van der Waals surface area (Å²) in [6.45, 7) is 24.5. The van der Waals surface area contributed by atoms with Gasteiger partial charge in [-0.2, -0.15) is 27.8 Å². The van der Waals surface area contributed by atoms with Crippen molar-refractivity contribution >= 4 is 0 Å². The summed E-state index contributed by atoms with van der Waals surface area (Å²) in [7, 11) is 0. The molecule has 4 heteroatoms. The Morgan fingerprint density at radius 2 is 0.889 bits per heavy atom. The molecule has 0 fully saturated rings. The predicted molar refractivity (Wildman–Crippen MR) is 63.9 cm³/mol. The molecule has 1 aromatic carbocycles. The minimum absolute atomic E-state index is 0. The van der Waals surface area contributed by atoms with Gasteiger partial charge in [0.1, 0.15) is 0 Å². The monoisotopic (exact) mass is 418 g/mol. The molecule has 0 atom stereocenters. The third-order valence-corrected chi connectivity index (χ3v) is 2.81. The molecular formula is C14H18O3W. The molecule has 0 heterocycles. The minimum Gasteiger partial charge on any atom is -0.358 e. The van der Waals surface area contributed by atoms with Gasteiger partial charge >= 0.3 is 55.0 Å². The largest absolute Gasteiger partial charge is 2.00 e. The first kappa shape index (κ1) is 30.4.